The number of carbonyl (C=O) groups excluding carboxylic acids is 2. The first-order valence-corrected chi connectivity index (χ1v) is 12.5. The Labute approximate surface area is 220 Å². The average Bonchev–Trinajstić information content (AvgIpc) is 3.40. The highest BCUT2D eigenvalue weighted by Gasteiger charge is 2.24. The van der Waals surface area contributed by atoms with Gasteiger partial charge >= 0.3 is 6.03 Å². The summed E-state index contributed by atoms with van der Waals surface area (Å²) >= 11 is 0. The van der Waals surface area contributed by atoms with Gasteiger partial charge in [0.2, 0.25) is 0 Å². The molecule has 9 heteroatoms. The summed E-state index contributed by atoms with van der Waals surface area (Å²) in [5.74, 6) is 1.06. The standard InChI is InChI=1S/C29H29N5O4/c1-19-4-2-5-22(14-19)33-29(37)32-21-7-9-24(10-8-21)38-25-11-12-30-27(16-25)26-15-20(17-31-26)28(36)34-13-3-6-23(35)18-34/h2,4-5,7-12,14-17,23,31,35H,3,6,13,18H2,1H3,(H2,32,33,37). The molecule has 0 spiro atoms. The number of pyridine rings is 1. The Morgan fingerprint density at radius 2 is 1.84 bits per heavy atom. The quantitative estimate of drug-likeness (QED) is 0.276. The molecule has 2 aromatic heterocycles. The maximum absolute atomic E-state index is 12.8. The number of nitrogens with zero attached hydrogens (tertiary/aromatic N) is 2. The lowest BCUT2D eigenvalue weighted by molar-refractivity contribution is 0.0474. The van der Waals surface area contributed by atoms with Gasteiger partial charge in [-0.3, -0.25) is 9.78 Å². The van der Waals surface area contributed by atoms with Crippen molar-refractivity contribution in [1.82, 2.24) is 14.9 Å². The Morgan fingerprint density at radius 3 is 2.63 bits per heavy atom. The van der Waals surface area contributed by atoms with Crippen molar-refractivity contribution in [2.75, 3.05) is 23.7 Å². The van der Waals surface area contributed by atoms with E-state index in [-0.39, 0.29) is 11.9 Å². The summed E-state index contributed by atoms with van der Waals surface area (Å²) in [4.78, 5) is 34.3. The number of likely N-dealkylation sites (tertiary alicyclic amines) is 1. The monoisotopic (exact) mass is 511 g/mol. The molecule has 4 N–H and O–H groups in total. The number of nitrogens with one attached hydrogen (secondary N) is 3. The number of benzene rings is 2. The van der Waals surface area contributed by atoms with E-state index in [2.05, 4.69) is 20.6 Å². The second kappa shape index (κ2) is 11.2. The van der Waals surface area contributed by atoms with Crippen molar-refractivity contribution in [2.24, 2.45) is 0 Å². The Morgan fingerprint density at radius 1 is 1.03 bits per heavy atom. The van der Waals surface area contributed by atoms with Gasteiger partial charge in [-0.2, -0.15) is 0 Å². The highest BCUT2D eigenvalue weighted by Crippen LogP contribution is 2.27. The van der Waals surface area contributed by atoms with Crippen molar-refractivity contribution >= 4 is 23.3 Å². The summed E-state index contributed by atoms with van der Waals surface area (Å²) in [6.45, 7) is 2.96. The van der Waals surface area contributed by atoms with Gasteiger partial charge in [0.05, 0.1) is 23.1 Å². The fraction of sp³-hybridized carbons (Fsp3) is 0.207. The third-order valence-corrected chi connectivity index (χ3v) is 6.24. The van der Waals surface area contributed by atoms with Crippen LogP contribution < -0.4 is 15.4 Å². The van der Waals surface area contributed by atoms with Crippen LogP contribution in [0.5, 0.6) is 11.5 Å². The van der Waals surface area contributed by atoms with Crippen LogP contribution in [0.1, 0.15) is 28.8 Å². The molecule has 4 aromatic rings. The number of hydrogen-bond acceptors (Lipinski definition) is 5. The largest absolute Gasteiger partial charge is 0.457 e. The Hall–Kier alpha value is -4.63. The van der Waals surface area contributed by atoms with E-state index in [4.69, 9.17) is 4.74 Å². The zero-order valence-electron chi connectivity index (χ0n) is 21.0. The number of H-pyrrole nitrogens is 1. The summed E-state index contributed by atoms with van der Waals surface area (Å²) in [5, 5.41) is 15.5. The number of ether oxygens (including phenoxy) is 1. The second-order valence-corrected chi connectivity index (χ2v) is 9.30. The molecule has 0 saturated carbocycles. The second-order valence-electron chi connectivity index (χ2n) is 9.30. The summed E-state index contributed by atoms with van der Waals surface area (Å²) in [6, 6.07) is 19.6. The van der Waals surface area contributed by atoms with Crippen molar-refractivity contribution in [3.05, 3.63) is 90.3 Å². The summed E-state index contributed by atoms with van der Waals surface area (Å²) in [7, 11) is 0. The van der Waals surface area contributed by atoms with Crippen molar-refractivity contribution in [3.63, 3.8) is 0 Å². The highest BCUT2D eigenvalue weighted by atomic mass is 16.5. The van der Waals surface area contributed by atoms with E-state index in [1.54, 1.807) is 59.8 Å². The number of carbonyl (C=O) groups is 2. The number of rotatable bonds is 6. The van der Waals surface area contributed by atoms with E-state index in [0.29, 0.717) is 47.2 Å². The first-order chi connectivity index (χ1) is 18.4. The van der Waals surface area contributed by atoms with Gasteiger partial charge in [0, 0.05) is 42.9 Å². The zero-order chi connectivity index (χ0) is 26.5. The minimum Gasteiger partial charge on any atom is -0.457 e. The van der Waals surface area contributed by atoms with Crippen LogP contribution >= 0.6 is 0 Å². The number of anilines is 2. The molecule has 0 aliphatic carbocycles. The molecule has 1 saturated heterocycles. The number of piperidine rings is 1. The molecule has 0 bridgehead atoms. The number of aliphatic hydroxyl groups is 1. The molecule has 5 rings (SSSR count). The van der Waals surface area contributed by atoms with Crippen molar-refractivity contribution in [3.8, 4) is 22.9 Å². The number of hydrogen-bond donors (Lipinski definition) is 4. The molecular weight excluding hydrogens is 482 g/mol. The fourth-order valence-electron chi connectivity index (χ4n) is 4.37. The molecule has 9 nitrogen and oxygen atoms in total. The van der Waals surface area contributed by atoms with Crippen LogP contribution in [0.4, 0.5) is 16.2 Å². The average molecular weight is 512 g/mol. The van der Waals surface area contributed by atoms with Crippen LogP contribution in [-0.2, 0) is 0 Å². The van der Waals surface area contributed by atoms with Crippen LogP contribution in [0.25, 0.3) is 11.4 Å². The third-order valence-electron chi connectivity index (χ3n) is 6.24. The molecule has 38 heavy (non-hydrogen) atoms. The van der Waals surface area contributed by atoms with Gasteiger partial charge in [-0.1, -0.05) is 12.1 Å². The first kappa shape index (κ1) is 25.0. The molecule has 194 valence electrons. The predicted octanol–water partition coefficient (Wildman–Crippen LogP) is 5.42. The lowest BCUT2D eigenvalue weighted by atomic mass is 10.1. The molecule has 1 aliphatic rings. The van der Waals surface area contributed by atoms with Crippen LogP contribution in [0, 0.1) is 6.92 Å². The highest BCUT2D eigenvalue weighted by molar-refractivity contribution is 5.99. The molecule has 1 atom stereocenters. The van der Waals surface area contributed by atoms with Gasteiger partial charge < -0.3 is 30.4 Å². The molecule has 3 heterocycles. The van der Waals surface area contributed by atoms with E-state index < -0.39 is 6.10 Å². The Balaban J connectivity index is 1.20. The number of aryl methyl sites for hydroxylation is 1. The number of urea groups is 1. The smallest absolute Gasteiger partial charge is 0.323 e. The number of β-amino-alcohol motifs (C(OH)–C–C–N with tert-alkyl or cyclic N) is 1. The zero-order valence-corrected chi connectivity index (χ0v) is 21.0. The minimum absolute atomic E-state index is 0.111. The third kappa shape index (κ3) is 6.19. The minimum atomic E-state index is -0.470. The molecule has 1 aliphatic heterocycles. The normalized spacial score (nSPS) is 15.1. The fourth-order valence-corrected chi connectivity index (χ4v) is 4.37. The molecule has 1 unspecified atom stereocenters. The van der Waals surface area contributed by atoms with Crippen molar-refractivity contribution in [2.45, 2.75) is 25.9 Å². The number of amides is 3. The summed E-state index contributed by atoms with van der Waals surface area (Å²) in [6.07, 6.45) is 4.35. The van der Waals surface area contributed by atoms with Crippen LogP contribution in [-0.4, -0.2) is 51.1 Å². The Kier molecular flexibility index (Phi) is 7.37. The van der Waals surface area contributed by atoms with Gasteiger partial charge in [-0.05, 0) is 73.9 Å². The lowest BCUT2D eigenvalue weighted by Crippen LogP contribution is -2.42. The molecule has 1 fully saturated rings. The lowest BCUT2D eigenvalue weighted by Gasteiger charge is -2.29. The van der Waals surface area contributed by atoms with Gasteiger partial charge in [0.1, 0.15) is 11.5 Å². The maximum Gasteiger partial charge on any atom is 0.323 e. The summed E-state index contributed by atoms with van der Waals surface area (Å²) < 4.78 is 5.99. The summed E-state index contributed by atoms with van der Waals surface area (Å²) in [5.41, 5.74) is 4.26. The van der Waals surface area contributed by atoms with Gasteiger partial charge in [-0.15, -0.1) is 0 Å². The Bertz CT molecular complexity index is 1430. The van der Waals surface area contributed by atoms with Crippen LogP contribution in [0.2, 0.25) is 0 Å². The molecule has 0 radical (unpaired) electrons. The molecule has 3 amide bonds. The first-order valence-electron chi connectivity index (χ1n) is 12.5. The van der Waals surface area contributed by atoms with Gasteiger partial charge in [0.25, 0.3) is 5.91 Å². The van der Waals surface area contributed by atoms with E-state index >= 15 is 0 Å². The van der Waals surface area contributed by atoms with Crippen LogP contribution in [0.3, 0.4) is 0 Å². The van der Waals surface area contributed by atoms with Crippen molar-refractivity contribution < 1.29 is 19.4 Å². The van der Waals surface area contributed by atoms with Gasteiger partial charge in [-0.25, -0.2) is 4.79 Å². The SMILES string of the molecule is Cc1cccc(NC(=O)Nc2ccc(Oc3ccnc(-c4cc(C(=O)N5CCCC(O)C5)c[nH]4)c3)cc2)c1. The number of aromatic nitrogens is 2. The molecular formula is C29H29N5O4. The topological polar surface area (TPSA) is 120 Å². The molecule has 2 aromatic carbocycles. The van der Waals surface area contributed by atoms with Crippen LogP contribution in [0.15, 0.2) is 79.1 Å². The van der Waals surface area contributed by atoms with Crippen molar-refractivity contribution in [1.29, 1.82) is 0 Å². The number of aromatic amines is 1. The predicted molar refractivity (Wildman–Crippen MR) is 146 cm³/mol. The number of aliphatic hydroxyl groups excluding tert-OH is 1. The van der Waals surface area contributed by atoms with E-state index in [9.17, 15) is 14.7 Å². The van der Waals surface area contributed by atoms with Gasteiger partial charge in [0.15, 0.2) is 0 Å². The van der Waals surface area contributed by atoms with E-state index in [1.807, 2.05) is 31.2 Å². The van der Waals surface area contributed by atoms with E-state index in [0.717, 1.165) is 24.1 Å². The maximum atomic E-state index is 12.8. The van der Waals surface area contributed by atoms with E-state index in [1.165, 1.54) is 0 Å².